The highest BCUT2D eigenvalue weighted by molar-refractivity contribution is 7.13. The number of cyclic esters (lactones) is 1. The Labute approximate surface area is 213 Å². The Hall–Kier alpha value is -3.12. The number of hydrogen-bond acceptors (Lipinski definition) is 6. The molecule has 182 valence electrons. The second-order valence-electron chi connectivity index (χ2n) is 8.57. The van der Waals surface area contributed by atoms with Gasteiger partial charge in [-0.15, -0.1) is 11.3 Å². The first-order valence-electron chi connectivity index (χ1n) is 11.6. The molecule has 0 saturated carbocycles. The van der Waals surface area contributed by atoms with Crippen molar-refractivity contribution >= 4 is 34.7 Å². The summed E-state index contributed by atoms with van der Waals surface area (Å²) < 4.78 is 5.26. The fourth-order valence-corrected chi connectivity index (χ4v) is 5.41. The number of nitrogens with zero attached hydrogens (tertiary/aromatic N) is 2. The first kappa shape index (κ1) is 25.0. The molecule has 1 aromatic carbocycles. The molecule has 35 heavy (non-hydrogen) atoms. The zero-order chi connectivity index (χ0) is 24.6. The molecule has 8 heteroatoms. The number of hydrogen-bond donors (Lipinski definition) is 1. The van der Waals surface area contributed by atoms with Crippen LogP contribution in [0.5, 0.6) is 0 Å². The first-order chi connectivity index (χ1) is 17.0. The lowest BCUT2D eigenvalue weighted by atomic mass is 9.97. The minimum absolute atomic E-state index is 0.313. The second-order valence-corrected chi connectivity index (χ2v) is 10.5. The minimum Gasteiger partial charge on any atom is -0.477 e. The fourth-order valence-electron chi connectivity index (χ4n) is 3.99. The lowest BCUT2D eigenvalue weighted by molar-refractivity contribution is -0.0694. The van der Waals surface area contributed by atoms with Gasteiger partial charge in [0.2, 0.25) is 0 Å². The standard InChI is InChI=1S/C27H28N2O4S2/c1-20(17-23-4-2-3-21(18-23)5-6-22-11-16-34-19-22)9-12-28-14-15-33-27(32)29(28)13-10-24-7-8-25(35-24)26(30)31/h2-4,7-8,11,16,18-20H,9-10,12-15,17H2,1H3,(H,30,31). The molecule has 1 aliphatic heterocycles. The number of rotatable bonds is 9. The third kappa shape index (κ3) is 7.18. The average Bonchev–Trinajstić information content (AvgIpc) is 3.53. The van der Waals surface area contributed by atoms with E-state index in [1.807, 2.05) is 29.0 Å². The van der Waals surface area contributed by atoms with E-state index in [2.05, 4.69) is 42.0 Å². The number of hydrazine groups is 1. The van der Waals surface area contributed by atoms with E-state index in [1.54, 1.807) is 22.4 Å². The third-order valence-corrected chi connectivity index (χ3v) is 7.65. The Kier molecular flexibility index (Phi) is 8.59. The van der Waals surface area contributed by atoms with Gasteiger partial charge in [-0.2, -0.15) is 11.3 Å². The summed E-state index contributed by atoms with van der Waals surface area (Å²) in [5.41, 5.74) is 3.32. The molecule has 0 bridgehead atoms. The van der Waals surface area contributed by atoms with Crippen molar-refractivity contribution in [3.8, 4) is 11.8 Å². The molecule has 1 amide bonds. The average molecular weight is 509 g/mol. The number of ether oxygens (including phenoxy) is 1. The van der Waals surface area contributed by atoms with Crippen molar-refractivity contribution in [1.29, 1.82) is 0 Å². The third-order valence-electron chi connectivity index (χ3n) is 5.83. The molecule has 1 saturated heterocycles. The van der Waals surface area contributed by atoms with Crippen LogP contribution in [-0.4, -0.2) is 53.4 Å². The van der Waals surface area contributed by atoms with Crippen molar-refractivity contribution < 1.29 is 19.4 Å². The van der Waals surface area contributed by atoms with Gasteiger partial charge in [0.05, 0.1) is 6.54 Å². The summed E-state index contributed by atoms with van der Waals surface area (Å²) >= 11 is 2.90. The number of carboxylic acids is 1. The topological polar surface area (TPSA) is 70.1 Å². The molecule has 0 radical (unpaired) electrons. The predicted molar refractivity (Wildman–Crippen MR) is 139 cm³/mol. The number of carboxylic acid groups (broad SMARTS) is 1. The van der Waals surface area contributed by atoms with Crippen LogP contribution in [0.3, 0.4) is 0 Å². The van der Waals surface area contributed by atoms with E-state index < -0.39 is 5.97 Å². The molecule has 1 atom stereocenters. The van der Waals surface area contributed by atoms with E-state index in [9.17, 15) is 9.59 Å². The van der Waals surface area contributed by atoms with E-state index >= 15 is 0 Å². The Balaban J connectivity index is 1.30. The number of benzene rings is 1. The molecule has 3 aromatic rings. The van der Waals surface area contributed by atoms with Gasteiger partial charge >= 0.3 is 12.1 Å². The molecule has 2 aromatic heterocycles. The van der Waals surface area contributed by atoms with Crippen LogP contribution in [-0.2, 0) is 17.6 Å². The summed E-state index contributed by atoms with van der Waals surface area (Å²) in [5, 5.41) is 16.9. The van der Waals surface area contributed by atoms with E-state index in [0.717, 1.165) is 35.4 Å². The summed E-state index contributed by atoms with van der Waals surface area (Å²) in [4.78, 5) is 24.8. The number of thiophene rings is 2. The highest BCUT2D eigenvalue weighted by Crippen LogP contribution is 2.20. The Bertz CT molecular complexity index is 1210. The molecule has 6 nitrogen and oxygen atoms in total. The molecule has 1 N–H and O–H groups in total. The highest BCUT2D eigenvalue weighted by Gasteiger charge is 2.27. The summed E-state index contributed by atoms with van der Waals surface area (Å²) in [5.74, 6) is 5.97. The molecule has 1 unspecified atom stereocenters. The van der Waals surface area contributed by atoms with Gasteiger partial charge in [0, 0.05) is 40.9 Å². The number of amides is 1. The van der Waals surface area contributed by atoms with Crippen molar-refractivity contribution in [2.75, 3.05) is 26.2 Å². The van der Waals surface area contributed by atoms with Crippen LogP contribution in [0.15, 0.2) is 53.2 Å². The van der Waals surface area contributed by atoms with Crippen molar-refractivity contribution in [3.05, 3.63) is 79.7 Å². The maximum absolute atomic E-state index is 12.4. The van der Waals surface area contributed by atoms with E-state index in [0.29, 0.717) is 36.9 Å². The maximum atomic E-state index is 12.4. The van der Waals surface area contributed by atoms with Gasteiger partial charge in [0.15, 0.2) is 0 Å². The summed E-state index contributed by atoms with van der Waals surface area (Å²) in [6.45, 7) is 4.51. The number of aromatic carboxylic acids is 1. The SMILES string of the molecule is CC(CCN1CCOC(=O)N1CCc1ccc(C(=O)O)s1)Cc1cccc(C#Cc2ccsc2)c1. The van der Waals surface area contributed by atoms with Crippen LogP contribution in [0, 0.1) is 17.8 Å². The van der Waals surface area contributed by atoms with Gasteiger partial charge in [0.25, 0.3) is 0 Å². The molecule has 1 aliphatic rings. The van der Waals surface area contributed by atoms with E-state index in [4.69, 9.17) is 9.84 Å². The summed E-state index contributed by atoms with van der Waals surface area (Å²) in [6.07, 6.45) is 2.14. The second kappa shape index (κ2) is 12.0. The summed E-state index contributed by atoms with van der Waals surface area (Å²) in [6, 6.07) is 13.8. The zero-order valence-electron chi connectivity index (χ0n) is 19.6. The quantitative estimate of drug-likeness (QED) is 0.393. The van der Waals surface area contributed by atoms with Crippen molar-refractivity contribution in [2.24, 2.45) is 5.92 Å². The molecular weight excluding hydrogens is 480 g/mol. The molecule has 4 rings (SSSR count). The van der Waals surface area contributed by atoms with Gasteiger partial charge in [0.1, 0.15) is 11.5 Å². The van der Waals surface area contributed by atoms with Crippen LogP contribution in [0.2, 0.25) is 0 Å². The Morgan fingerprint density at radius 2 is 2.03 bits per heavy atom. The smallest absolute Gasteiger partial charge is 0.424 e. The predicted octanol–water partition coefficient (Wildman–Crippen LogP) is 5.39. The Morgan fingerprint density at radius 3 is 2.80 bits per heavy atom. The highest BCUT2D eigenvalue weighted by atomic mass is 32.1. The van der Waals surface area contributed by atoms with Crippen LogP contribution in [0.4, 0.5) is 4.79 Å². The molecule has 1 fully saturated rings. The molecule has 3 heterocycles. The van der Waals surface area contributed by atoms with Crippen molar-refractivity contribution in [2.45, 2.75) is 26.2 Å². The molecular formula is C27H28N2O4S2. The Morgan fingerprint density at radius 1 is 1.17 bits per heavy atom. The van der Waals surface area contributed by atoms with Crippen LogP contribution < -0.4 is 0 Å². The minimum atomic E-state index is -0.922. The van der Waals surface area contributed by atoms with Gasteiger partial charge in [-0.25, -0.2) is 19.6 Å². The van der Waals surface area contributed by atoms with Crippen molar-refractivity contribution in [3.63, 3.8) is 0 Å². The van der Waals surface area contributed by atoms with E-state index in [1.165, 1.54) is 16.9 Å². The largest absolute Gasteiger partial charge is 0.477 e. The van der Waals surface area contributed by atoms with Crippen LogP contribution in [0.25, 0.3) is 0 Å². The summed E-state index contributed by atoms with van der Waals surface area (Å²) in [7, 11) is 0. The lowest BCUT2D eigenvalue weighted by Crippen LogP contribution is -2.53. The maximum Gasteiger partial charge on any atom is 0.424 e. The zero-order valence-corrected chi connectivity index (χ0v) is 21.2. The van der Waals surface area contributed by atoms with Gasteiger partial charge < -0.3 is 9.84 Å². The van der Waals surface area contributed by atoms with Crippen LogP contribution in [0.1, 0.15) is 44.6 Å². The molecule has 0 aliphatic carbocycles. The van der Waals surface area contributed by atoms with Crippen LogP contribution >= 0.6 is 22.7 Å². The van der Waals surface area contributed by atoms with E-state index in [-0.39, 0.29) is 6.09 Å². The van der Waals surface area contributed by atoms with Gasteiger partial charge in [-0.3, -0.25) is 0 Å². The molecule has 0 spiro atoms. The lowest BCUT2D eigenvalue weighted by Gasteiger charge is -2.38. The normalized spacial score (nSPS) is 14.8. The van der Waals surface area contributed by atoms with Crippen molar-refractivity contribution in [1.82, 2.24) is 10.0 Å². The first-order valence-corrected chi connectivity index (χ1v) is 13.4. The van der Waals surface area contributed by atoms with Gasteiger partial charge in [-0.05, 0) is 60.0 Å². The number of carbonyl (C=O) groups is 2. The van der Waals surface area contributed by atoms with Gasteiger partial charge in [-0.1, -0.05) is 30.9 Å². The number of carbonyl (C=O) groups excluding carboxylic acids is 1. The fraction of sp³-hybridized carbons (Fsp3) is 0.333. The monoisotopic (exact) mass is 508 g/mol.